The minimum atomic E-state index is -0.726. The molecule has 8 heteroatoms. The fraction of sp³-hybridized carbons (Fsp3) is 0.593. The summed E-state index contributed by atoms with van der Waals surface area (Å²) >= 11 is 6.56. The van der Waals surface area contributed by atoms with Crippen LogP contribution >= 0.6 is 11.6 Å². The molecule has 2 aromatic rings. The number of ether oxygens (including phenoxy) is 2. The molecule has 2 fully saturated rings. The topological polar surface area (TPSA) is 87.7 Å². The van der Waals surface area contributed by atoms with Crippen LogP contribution in [0.2, 0.25) is 5.02 Å². The van der Waals surface area contributed by atoms with Gasteiger partial charge in [-0.1, -0.05) is 23.7 Å². The molecule has 35 heavy (non-hydrogen) atoms. The number of rotatable bonds is 10. The van der Waals surface area contributed by atoms with Crippen LogP contribution in [-0.2, 0) is 9.47 Å². The largest absolute Gasteiger partial charge is 0.388 e. The lowest BCUT2D eigenvalue weighted by Crippen LogP contribution is -2.42. The number of benzene rings is 1. The molecule has 1 aliphatic carbocycles. The van der Waals surface area contributed by atoms with Crippen molar-refractivity contribution in [2.75, 3.05) is 44.1 Å². The first-order valence-corrected chi connectivity index (χ1v) is 13.1. The summed E-state index contributed by atoms with van der Waals surface area (Å²) < 4.78 is 10.6. The monoisotopic (exact) mass is 502 g/mol. The van der Waals surface area contributed by atoms with Crippen molar-refractivity contribution in [3.8, 4) is 11.1 Å². The van der Waals surface area contributed by atoms with E-state index in [0.717, 1.165) is 54.9 Å². The zero-order chi connectivity index (χ0) is 24.7. The number of pyridine rings is 1. The van der Waals surface area contributed by atoms with Gasteiger partial charge in [0.05, 0.1) is 17.2 Å². The predicted octanol–water partition coefficient (Wildman–Crippen LogP) is 4.70. The molecule has 1 saturated heterocycles. The molecule has 2 heterocycles. The molecule has 1 aromatic heterocycles. The van der Waals surface area contributed by atoms with Crippen molar-refractivity contribution < 1.29 is 14.6 Å². The third-order valence-corrected chi connectivity index (χ3v) is 7.39. The van der Waals surface area contributed by atoms with E-state index in [-0.39, 0.29) is 0 Å². The van der Waals surface area contributed by atoms with E-state index in [1.54, 1.807) is 13.3 Å². The van der Waals surface area contributed by atoms with Crippen LogP contribution in [0, 0.1) is 0 Å². The molecule has 0 amide bonds. The Balaban J connectivity index is 1.36. The first kappa shape index (κ1) is 26.2. The number of anilines is 2. The number of methoxy groups -OCH3 is 1. The van der Waals surface area contributed by atoms with Crippen LogP contribution in [-0.4, -0.2) is 67.3 Å². The van der Waals surface area contributed by atoms with Crippen LogP contribution in [0.5, 0.6) is 0 Å². The van der Waals surface area contributed by atoms with E-state index in [1.807, 2.05) is 18.2 Å². The second-order valence-electron chi connectivity index (χ2n) is 10.0. The molecule has 2 aliphatic rings. The van der Waals surface area contributed by atoms with E-state index in [0.29, 0.717) is 55.7 Å². The lowest BCUT2D eigenvalue weighted by atomic mass is 9.90. The third-order valence-electron chi connectivity index (χ3n) is 7.09. The normalized spacial score (nSPS) is 23.0. The molecule has 0 radical (unpaired) electrons. The highest BCUT2D eigenvalue weighted by Crippen LogP contribution is 2.32. The van der Waals surface area contributed by atoms with Gasteiger partial charge >= 0.3 is 0 Å². The maximum Gasteiger partial charge on any atom is 0.126 e. The van der Waals surface area contributed by atoms with Crippen LogP contribution in [0.1, 0.15) is 45.4 Å². The standard InChI is InChI=1S/C27H39ClN4O3/c1-19(17-34-2)31-21-6-8-22(9-7-21)32-26-15-24(25(28)16-29-26)20-4-3-5-23(14-20)30-18-27(33)10-12-35-13-11-27/h3-5,14-16,19,21-22,30-31,33H,6-13,17-18H2,1-2H3,(H,29,32)/t19-,21?,22?/m1/s1. The van der Waals surface area contributed by atoms with Crippen LogP contribution in [0.25, 0.3) is 11.1 Å². The zero-order valence-electron chi connectivity index (χ0n) is 20.9. The van der Waals surface area contributed by atoms with Gasteiger partial charge in [-0.3, -0.25) is 0 Å². The summed E-state index contributed by atoms with van der Waals surface area (Å²) in [6, 6.07) is 11.5. The Morgan fingerprint density at radius 1 is 1.17 bits per heavy atom. The van der Waals surface area contributed by atoms with Gasteiger partial charge in [0.2, 0.25) is 0 Å². The predicted molar refractivity (Wildman–Crippen MR) is 142 cm³/mol. The molecule has 7 nitrogen and oxygen atoms in total. The van der Waals surface area contributed by atoms with Gasteiger partial charge in [0.1, 0.15) is 5.82 Å². The summed E-state index contributed by atoms with van der Waals surface area (Å²) in [7, 11) is 1.75. The maximum absolute atomic E-state index is 10.7. The Kier molecular flexibility index (Phi) is 9.25. The van der Waals surface area contributed by atoms with Crippen molar-refractivity contribution in [2.45, 2.75) is 69.2 Å². The summed E-state index contributed by atoms with van der Waals surface area (Å²) in [5, 5.41) is 22.1. The number of halogens is 1. The van der Waals surface area contributed by atoms with Gasteiger partial charge in [0.15, 0.2) is 0 Å². The highest BCUT2D eigenvalue weighted by molar-refractivity contribution is 6.33. The Labute approximate surface area is 214 Å². The molecule has 0 unspecified atom stereocenters. The van der Waals surface area contributed by atoms with E-state index in [4.69, 9.17) is 21.1 Å². The molecule has 192 valence electrons. The van der Waals surface area contributed by atoms with Crippen molar-refractivity contribution >= 4 is 23.1 Å². The summed E-state index contributed by atoms with van der Waals surface area (Å²) in [5.74, 6) is 0.850. The molecular weight excluding hydrogens is 464 g/mol. The molecule has 1 aromatic carbocycles. The summed E-state index contributed by atoms with van der Waals surface area (Å²) in [5.41, 5.74) is 2.19. The molecule has 4 rings (SSSR count). The Bertz CT molecular complexity index is 946. The van der Waals surface area contributed by atoms with Gasteiger partial charge < -0.3 is 30.5 Å². The van der Waals surface area contributed by atoms with Crippen molar-refractivity contribution in [2.24, 2.45) is 0 Å². The SMILES string of the molecule is COC[C@@H](C)NC1CCC(Nc2cc(-c3cccc(NCC4(O)CCOCC4)c3)c(Cl)cn2)CC1. The fourth-order valence-electron chi connectivity index (χ4n) is 5.04. The average molecular weight is 503 g/mol. The third kappa shape index (κ3) is 7.54. The molecule has 0 bridgehead atoms. The number of nitrogens with zero attached hydrogens (tertiary/aromatic N) is 1. The van der Waals surface area contributed by atoms with E-state index in [2.05, 4.69) is 40.0 Å². The molecule has 1 atom stereocenters. The van der Waals surface area contributed by atoms with E-state index in [9.17, 15) is 5.11 Å². The van der Waals surface area contributed by atoms with E-state index in [1.165, 1.54) is 0 Å². The van der Waals surface area contributed by atoms with Crippen LogP contribution < -0.4 is 16.0 Å². The van der Waals surface area contributed by atoms with Gasteiger partial charge in [-0.05, 0) is 56.4 Å². The van der Waals surface area contributed by atoms with Gasteiger partial charge in [0.25, 0.3) is 0 Å². The summed E-state index contributed by atoms with van der Waals surface area (Å²) in [4.78, 5) is 4.54. The highest BCUT2D eigenvalue weighted by Gasteiger charge is 2.29. The van der Waals surface area contributed by atoms with Crippen molar-refractivity contribution in [1.29, 1.82) is 0 Å². The molecule has 4 N–H and O–H groups in total. The second kappa shape index (κ2) is 12.4. The molecule has 0 spiro atoms. The first-order valence-electron chi connectivity index (χ1n) is 12.8. The van der Waals surface area contributed by atoms with Gasteiger partial charge in [-0.25, -0.2) is 4.98 Å². The quantitative estimate of drug-likeness (QED) is 0.374. The van der Waals surface area contributed by atoms with E-state index < -0.39 is 5.60 Å². The Morgan fingerprint density at radius 2 is 1.91 bits per heavy atom. The molecular formula is C27H39ClN4O3. The molecule has 1 aliphatic heterocycles. The molecule has 1 saturated carbocycles. The van der Waals surface area contributed by atoms with Crippen LogP contribution in [0.3, 0.4) is 0 Å². The first-order chi connectivity index (χ1) is 16.9. The summed E-state index contributed by atoms with van der Waals surface area (Å²) in [6.45, 7) is 4.61. The van der Waals surface area contributed by atoms with Crippen LogP contribution in [0.4, 0.5) is 11.5 Å². The second-order valence-corrected chi connectivity index (χ2v) is 10.4. The van der Waals surface area contributed by atoms with Gasteiger partial charge in [-0.2, -0.15) is 0 Å². The fourth-order valence-corrected chi connectivity index (χ4v) is 5.26. The lowest BCUT2D eigenvalue weighted by molar-refractivity contribution is -0.0543. The Hall–Kier alpha value is -1.90. The van der Waals surface area contributed by atoms with Crippen molar-refractivity contribution in [1.82, 2.24) is 10.3 Å². The number of hydrogen-bond acceptors (Lipinski definition) is 7. The van der Waals surface area contributed by atoms with Crippen LogP contribution in [0.15, 0.2) is 36.5 Å². The average Bonchev–Trinajstić information content (AvgIpc) is 2.86. The minimum Gasteiger partial charge on any atom is -0.388 e. The highest BCUT2D eigenvalue weighted by atomic mass is 35.5. The summed E-state index contributed by atoms with van der Waals surface area (Å²) in [6.07, 6.45) is 7.50. The lowest BCUT2D eigenvalue weighted by Gasteiger charge is -2.32. The van der Waals surface area contributed by atoms with Crippen molar-refractivity contribution in [3.63, 3.8) is 0 Å². The van der Waals surface area contributed by atoms with Gasteiger partial charge in [0, 0.05) is 75.3 Å². The number of aromatic nitrogens is 1. The Morgan fingerprint density at radius 3 is 2.66 bits per heavy atom. The zero-order valence-corrected chi connectivity index (χ0v) is 21.6. The van der Waals surface area contributed by atoms with Gasteiger partial charge in [-0.15, -0.1) is 0 Å². The minimum absolute atomic E-state index is 0.375. The number of aliphatic hydroxyl groups is 1. The number of nitrogens with one attached hydrogen (secondary N) is 3. The van der Waals surface area contributed by atoms with E-state index >= 15 is 0 Å². The smallest absolute Gasteiger partial charge is 0.126 e. The maximum atomic E-state index is 10.7. The van der Waals surface area contributed by atoms with Crippen molar-refractivity contribution in [3.05, 3.63) is 41.6 Å². The number of hydrogen-bond donors (Lipinski definition) is 4.